The predicted molar refractivity (Wildman–Crippen MR) is 163 cm³/mol. The van der Waals surface area contributed by atoms with E-state index < -0.39 is 17.8 Å². The lowest BCUT2D eigenvalue weighted by Gasteiger charge is -2.22. The lowest BCUT2D eigenvalue weighted by Crippen LogP contribution is -2.30. The van der Waals surface area contributed by atoms with Crippen LogP contribution in [0.25, 0.3) is 16.8 Å². The summed E-state index contributed by atoms with van der Waals surface area (Å²) in [6, 6.07) is 12.9. The fourth-order valence-electron chi connectivity index (χ4n) is 5.07. The van der Waals surface area contributed by atoms with Gasteiger partial charge < -0.3 is 20.7 Å². The van der Waals surface area contributed by atoms with Crippen molar-refractivity contribution in [1.29, 1.82) is 0 Å². The molecule has 4 aromatic rings. The predicted octanol–water partition coefficient (Wildman–Crippen LogP) is 5.24. The molecule has 1 aliphatic heterocycles. The number of anilines is 2. The molecule has 13 heteroatoms. The van der Waals surface area contributed by atoms with Crippen LogP contribution in [-0.4, -0.2) is 51.4 Å². The van der Waals surface area contributed by atoms with Crippen molar-refractivity contribution in [2.45, 2.75) is 39.2 Å². The SMILES string of the molecule is COCC(=O)Nc1ccc2c(c1)NC(=O)[C@H](C)CCC[C@H](NC(=O)c1nnn(-c3cccc(Cl)c3F)c1C)c1cc-2ccn1. The molecule has 2 aromatic carbocycles. The van der Waals surface area contributed by atoms with E-state index in [-0.39, 0.29) is 40.7 Å². The van der Waals surface area contributed by atoms with E-state index in [2.05, 4.69) is 31.2 Å². The first-order valence-electron chi connectivity index (χ1n) is 14.0. The van der Waals surface area contributed by atoms with Crippen molar-refractivity contribution in [2.24, 2.45) is 5.92 Å². The van der Waals surface area contributed by atoms with Crippen LogP contribution < -0.4 is 16.0 Å². The van der Waals surface area contributed by atoms with Crippen LogP contribution in [0, 0.1) is 18.7 Å². The molecule has 44 heavy (non-hydrogen) atoms. The van der Waals surface area contributed by atoms with E-state index in [9.17, 15) is 18.8 Å². The Labute approximate surface area is 258 Å². The lowest BCUT2D eigenvalue weighted by molar-refractivity contribution is -0.120. The van der Waals surface area contributed by atoms with Crippen molar-refractivity contribution in [3.8, 4) is 16.8 Å². The summed E-state index contributed by atoms with van der Waals surface area (Å²) >= 11 is 5.94. The molecule has 228 valence electrons. The number of hydrogen-bond acceptors (Lipinski definition) is 7. The summed E-state index contributed by atoms with van der Waals surface area (Å²) in [7, 11) is 1.43. The minimum Gasteiger partial charge on any atom is -0.375 e. The van der Waals surface area contributed by atoms with Crippen molar-refractivity contribution in [3.05, 3.63) is 82.6 Å². The lowest BCUT2D eigenvalue weighted by atomic mass is 9.95. The zero-order valence-electron chi connectivity index (χ0n) is 24.4. The van der Waals surface area contributed by atoms with Crippen LogP contribution >= 0.6 is 11.6 Å². The average molecular weight is 620 g/mol. The second-order valence-corrected chi connectivity index (χ2v) is 11.0. The number of nitrogens with one attached hydrogen (secondary N) is 3. The fraction of sp³-hybridized carbons (Fsp3) is 0.290. The number of ether oxygens (including phenoxy) is 1. The highest BCUT2D eigenvalue weighted by Gasteiger charge is 2.25. The monoisotopic (exact) mass is 619 g/mol. The quantitative estimate of drug-likeness (QED) is 0.268. The van der Waals surface area contributed by atoms with Crippen molar-refractivity contribution < 1.29 is 23.5 Å². The Morgan fingerprint density at radius 1 is 1.18 bits per heavy atom. The summed E-state index contributed by atoms with van der Waals surface area (Å²) in [6.07, 6.45) is 3.32. The maximum absolute atomic E-state index is 14.7. The number of rotatable bonds is 6. The third-order valence-electron chi connectivity index (χ3n) is 7.44. The van der Waals surface area contributed by atoms with Crippen LogP contribution in [0.2, 0.25) is 5.02 Å². The standard InChI is InChI=1S/C31H31ClFN7O4/c1-17-6-4-8-23(36-31(43)29-18(2)40(39-38-29)26-9-5-7-22(32)28(26)33)25-14-19(12-13-34-25)21-11-10-20(35-27(41)16-44-3)15-24(21)37-30(17)42/h5,7,9-15,17,23H,4,6,8,16H2,1-3H3,(H,35,41)(H,36,43)(H,37,42)/t17-,23+/m1/s1. The molecule has 0 radical (unpaired) electrons. The highest BCUT2D eigenvalue weighted by atomic mass is 35.5. The topological polar surface area (TPSA) is 140 Å². The first-order valence-corrected chi connectivity index (χ1v) is 14.4. The Morgan fingerprint density at radius 2 is 2.00 bits per heavy atom. The van der Waals surface area contributed by atoms with Crippen LogP contribution in [0.15, 0.2) is 54.7 Å². The third-order valence-corrected chi connectivity index (χ3v) is 7.73. The highest BCUT2D eigenvalue weighted by Crippen LogP contribution is 2.34. The van der Waals surface area contributed by atoms with Gasteiger partial charge in [0.1, 0.15) is 12.3 Å². The molecule has 0 unspecified atom stereocenters. The molecule has 3 heterocycles. The number of pyridine rings is 1. The Hall–Kier alpha value is -4.68. The molecule has 0 aliphatic carbocycles. The second-order valence-electron chi connectivity index (χ2n) is 10.6. The van der Waals surface area contributed by atoms with Crippen LogP contribution in [0.3, 0.4) is 0 Å². The van der Waals surface area contributed by atoms with Crippen LogP contribution in [0.5, 0.6) is 0 Å². The molecular weight excluding hydrogens is 589 g/mol. The molecule has 0 saturated heterocycles. The van der Waals surface area contributed by atoms with Gasteiger partial charge in [-0.05, 0) is 61.7 Å². The van der Waals surface area contributed by atoms with Gasteiger partial charge in [0.2, 0.25) is 11.8 Å². The summed E-state index contributed by atoms with van der Waals surface area (Å²) in [5.74, 6) is -1.98. The number of halogens is 2. The van der Waals surface area contributed by atoms with Gasteiger partial charge in [0.15, 0.2) is 11.5 Å². The number of fused-ring (bicyclic) bond motifs is 4. The third kappa shape index (κ3) is 6.61. The van der Waals surface area contributed by atoms with Gasteiger partial charge in [0, 0.05) is 30.5 Å². The normalized spacial score (nSPS) is 16.6. The summed E-state index contributed by atoms with van der Waals surface area (Å²) in [6.45, 7) is 3.36. The van der Waals surface area contributed by atoms with E-state index >= 15 is 0 Å². The second kappa shape index (κ2) is 13.3. The smallest absolute Gasteiger partial charge is 0.274 e. The van der Waals surface area contributed by atoms with Gasteiger partial charge in [-0.25, -0.2) is 9.07 Å². The number of amides is 3. The van der Waals surface area contributed by atoms with Crippen molar-refractivity contribution >= 4 is 40.7 Å². The largest absolute Gasteiger partial charge is 0.375 e. The average Bonchev–Trinajstić information content (AvgIpc) is 3.38. The fourth-order valence-corrected chi connectivity index (χ4v) is 5.24. The molecule has 5 rings (SSSR count). The zero-order chi connectivity index (χ0) is 31.4. The Balaban J connectivity index is 1.47. The minimum absolute atomic E-state index is 0.0350. The molecule has 2 bridgehead atoms. The number of aromatic nitrogens is 4. The molecular formula is C31H31ClFN7O4. The Morgan fingerprint density at radius 3 is 2.80 bits per heavy atom. The van der Waals surface area contributed by atoms with Crippen LogP contribution in [-0.2, 0) is 14.3 Å². The van der Waals surface area contributed by atoms with E-state index in [0.717, 1.165) is 5.56 Å². The number of carbonyl (C=O) groups excluding carboxylic acids is 3. The summed E-state index contributed by atoms with van der Waals surface area (Å²) in [5.41, 5.74) is 3.57. The number of methoxy groups -OCH3 is 1. The maximum Gasteiger partial charge on any atom is 0.274 e. The maximum atomic E-state index is 14.7. The van der Waals surface area contributed by atoms with E-state index in [1.807, 2.05) is 13.0 Å². The Kier molecular flexibility index (Phi) is 9.31. The van der Waals surface area contributed by atoms with E-state index in [1.165, 1.54) is 23.9 Å². The Bertz CT molecular complexity index is 1730. The molecule has 3 N–H and O–H groups in total. The molecule has 1 aliphatic rings. The van der Waals surface area contributed by atoms with E-state index in [0.29, 0.717) is 47.6 Å². The molecule has 3 amide bonds. The summed E-state index contributed by atoms with van der Waals surface area (Å²) in [5, 5.41) is 16.8. The number of carbonyl (C=O) groups is 3. The van der Waals surface area contributed by atoms with Gasteiger partial charge in [-0.3, -0.25) is 19.4 Å². The van der Waals surface area contributed by atoms with Crippen molar-refractivity contribution in [3.63, 3.8) is 0 Å². The molecule has 0 saturated carbocycles. The number of hydrogen-bond donors (Lipinski definition) is 3. The van der Waals surface area contributed by atoms with Gasteiger partial charge in [-0.2, -0.15) is 0 Å². The van der Waals surface area contributed by atoms with Crippen LogP contribution in [0.4, 0.5) is 15.8 Å². The minimum atomic E-state index is -0.669. The van der Waals surface area contributed by atoms with Gasteiger partial charge in [-0.15, -0.1) is 5.10 Å². The van der Waals surface area contributed by atoms with Crippen molar-refractivity contribution in [1.82, 2.24) is 25.3 Å². The van der Waals surface area contributed by atoms with Gasteiger partial charge in [0.05, 0.1) is 28.1 Å². The van der Waals surface area contributed by atoms with Gasteiger partial charge >= 0.3 is 0 Å². The van der Waals surface area contributed by atoms with E-state index in [1.54, 1.807) is 43.5 Å². The van der Waals surface area contributed by atoms with Crippen molar-refractivity contribution in [2.75, 3.05) is 24.4 Å². The molecule has 11 nitrogen and oxygen atoms in total. The first kappa shape index (κ1) is 30.8. The molecule has 2 atom stereocenters. The summed E-state index contributed by atoms with van der Waals surface area (Å²) in [4.78, 5) is 43.3. The number of nitrogens with zero attached hydrogens (tertiary/aromatic N) is 4. The van der Waals surface area contributed by atoms with Crippen LogP contribution in [0.1, 0.15) is 54.1 Å². The zero-order valence-corrected chi connectivity index (χ0v) is 25.1. The molecule has 0 fully saturated rings. The highest BCUT2D eigenvalue weighted by molar-refractivity contribution is 6.30. The first-order chi connectivity index (χ1) is 21.2. The molecule has 2 aromatic heterocycles. The number of benzene rings is 2. The molecule has 0 spiro atoms. The van der Waals surface area contributed by atoms with Gasteiger partial charge in [0.25, 0.3) is 5.91 Å². The summed E-state index contributed by atoms with van der Waals surface area (Å²) < 4.78 is 20.8. The van der Waals surface area contributed by atoms with Gasteiger partial charge in [-0.1, -0.05) is 42.3 Å². The van der Waals surface area contributed by atoms with E-state index in [4.69, 9.17) is 16.3 Å².